The van der Waals surface area contributed by atoms with Crippen molar-refractivity contribution >= 4 is 32.9 Å². The van der Waals surface area contributed by atoms with Gasteiger partial charge in [-0.25, -0.2) is 0 Å². The number of anilines is 2. The Morgan fingerprint density at radius 2 is 1.04 bits per heavy atom. The summed E-state index contributed by atoms with van der Waals surface area (Å²) in [5.74, 6) is 0. The summed E-state index contributed by atoms with van der Waals surface area (Å²) in [5.41, 5.74) is 5.41. The smallest absolute Gasteiger partial charge is 0.0527 e. The van der Waals surface area contributed by atoms with Crippen LogP contribution in [0.25, 0.3) is 21.5 Å². The van der Waals surface area contributed by atoms with Gasteiger partial charge in [-0.3, -0.25) is 0 Å². The Kier molecular flexibility index (Phi) is 4.40. The minimum absolute atomic E-state index is 0.995. The van der Waals surface area contributed by atoms with Gasteiger partial charge in [0, 0.05) is 48.7 Å². The Balaban J connectivity index is 2.65. The van der Waals surface area contributed by atoms with Crippen LogP contribution in [0, 0.1) is 13.8 Å². The van der Waals surface area contributed by atoms with Crippen molar-refractivity contribution in [3.05, 3.63) is 47.5 Å². The van der Waals surface area contributed by atoms with Crippen LogP contribution in [0.1, 0.15) is 25.0 Å². The lowest BCUT2D eigenvalue weighted by Crippen LogP contribution is -2.20. The van der Waals surface area contributed by atoms with E-state index in [9.17, 15) is 0 Å². The van der Waals surface area contributed by atoms with Gasteiger partial charge in [0.05, 0.1) is 11.4 Å². The van der Waals surface area contributed by atoms with Crippen molar-refractivity contribution in [3.63, 3.8) is 0 Å². The Hall–Kier alpha value is -2.22. The number of aryl methyl sites for hydroxylation is 2. The molecule has 24 heavy (non-hydrogen) atoms. The summed E-state index contributed by atoms with van der Waals surface area (Å²) < 4.78 is 0. The third-order valence-corrected chi connectivity index (χ3v) is 5.24. The summed E-state index contributed by atoms with van der Waals surface area (Å²) in [4.78, 5) is 4.76. The van der Waals surface area contributed by atoms with Crippen molar-refractivity contribution in [2.24, 2.45) is 0 Å². The standard InChI is InChI=1S/C22H28N2/c1-7-23(5)21-17-13-9-12-16(4)20(17)22(24(6)8-2)18-14-10-11-15(3)19(18)21/h9-14H,7-8H2,1-6H3. The first-order chi connectivity index (χ1) is 11.5. The first-order valence-electron chi connectivity index (χ1n) is 8.88. The maximum Gasteiger partial charge on any atom is 0.0527 e. The van der Waals surface area contributed by atoms with E-state index in [0.717, 1.165) is 13.1 Å². The number of hydrogen-bond acceptors (Lipinski definition) is 2. The molecule has 0 atom stereocenters. The van der Waals surface area contributed by atoms with Gasteiger partial charge in [0.15, 0.2) is 0 Å². The monoisotopic (exact) mass is 320 g/mol. The molecule has 2 nitrogen and oxygen atoms in total. The summed E-state index contributed by atoms with van der Waals surface area (Å²) in [5, 5.41) is 5.48. The SMILES string of the molecule is CCN(C)c1c2cccc(C)c2c(N(C)CC)c2cccc(C)c12. The van der Waals surface area contributed by atoms with Crippen LogP contribution < -0.4 is 9.80 Å². The molecule has 0 bridgehead atoms. The Bertz CT molecular complexity index is 820. The van der Waals surface area contributed by atoms with Crippen LogP contribution in [0.15, 0.2) is 36.4 Å². The van der Waals surface area contributed by atoms with Gasteiger partial charge in [0.2, 0.25) is 0 Å². The zero-order valence-corrected chi connectivity index (χ0v) is 15.8. The van der Waals surface area contributed by atoms with E-state index in [2.05, 4.69) is 88.0 Å². The zero-order valence-electron chi connectivity index (χ0n) is 15.8. The average molecular weight is 320 g/mol. The molecule has 3 rings (SSSR count). The molecule has 3 aromatic rings. The lowest BCUT2D eigenvalue weighted by atomic mass is 9.92. The molecule has 0 fully saturated rings. The van der Waals surface area contributed by atoms with Gasteiger partial charge in [0.1, 0.15) is 0 Å². The summed E-state index contributed by atoms with van der Waals surface area (Å²) in [7, 11) is 4.40. The van der Waals surface area contributed by atoms with Gasteiger partial charge >= 0.3 is 0 Å². The van der Waals surface area contributed by atoms with E-state index in [4.69, 9.17) is 0 Å². The quantitative estimate of drug-likeness (QED) is 0.461. The Morgan fingerprint density at radius 1 is 0.667 bits per heavy atom. The number of rotatable bonds is 4. The van der Waals surface area contributed by atoms with Gasteiger partial charge in [-0.05, 0) is 38.8 Å². The van der Waals surface area contributed by atoms with E-state index in [0.29, 0.717) is 0 Å². The molecule has 0 aromatic heterocycles. The Morgan fingerprint density at radius 3 is 1.38 bits per heavy atom. The molecule has 0 aliphatic rings. The first kappa shape index (κ1) is 16.6. The molecular formula is C22H28N2. The van der Waals surface area contributed by atoms with Crippen molar-refractivity contribution in [3.8, 4) is 0 Å². The predicted octanol–water partition coefficient (Wildman–Crippen LogP) is 5.52. The maximum atomic E-state index is 2.38. The van der Waals surface area contributed by atoms with Crippen molar-refractivity contribution < 1.29 is 0 Å². The average Bonchev–Trinajstić information content (AvgIpc) is 2.59. The van der Waals surface area contributed by atoms with Gasteiger partial charge in [-0.1, -0.05) is 36.4 Å². The number of benzene rings is 3. The van der Waals surface area contributed by atoms with Crippen molar-refractivity contribution in [1.29, 1.82) is 0 Å². The lowest BCUT2D eigenvalue weighted by Gasteiger charge is -2.29. The zero-order chi connectivity index (χ0) is 17.4. The number of fused-ring (bicyclic) bond motifs is 2. The topological polar surface area (TPSA) is 6.48 Å². The van der Waals surface area contributed by atoms with Crippen molar-refractivity contribution in [1.82, 2.24) is 0 Å². The van der Waals surface area contributed by atoms with Gasteiger partial charge in [0.25, 0.3) is 0 Å². The summed E-state index contributed by atoms with van der Waals surface area (Å²) in [6, 6.07) is 13.4. The molecule has 0 aliphatic carbocycles. The second-order valence-electron chi connectivity index (χ2n) is 6.72. The van der Waals surface area contributed by atoms with Gasteiger partial charge in [-0.2, -0.15) is 0 Å². The molecule has 2 heteroatoms. The molecule has 3 aromatic carbocycles. The van der Waals surface area contributed by atoms with E-state index in [1.165, 1.54) is 44.0 Å². The highest BCUT2D eigenvalue weighted by Gasteiger charge is 2.20. The van der Waals surface area contributed by atoms with Crippen molar-refractivity contribution in [2.45, 2.75) is 27.7 Å². The summed E-state index contributed by atoms with van der Waals surface area (Å²) in [6.45, 7) is 10.9. The molecule has 0 unspecified atom stereocenters. The molecule has 0 spiro atoms. The molecular weight excluding hydrogens is 292 g/mol. The molecule has 126 valence electrons. The van der Waals surface area contributed by atoms with E-state index < -0.39 is 0 Å². The largest absolute Gasteiger partial charge is 0.374 e. The van der Waals surface area contributed by atoms with Crippen LogP contribution in [0.3, 0.4) is 0 Å². The maximum absolute atomic E-state index is 2.38. The Labute approximate surface area is 145 Å². The third-order valence-electron chi connectivity index (χ3n) is 5.24. The fraction of sp³-hybridized carbons (Fsp3) is 0.364. The van der Waals surface area contributed by atoms with Crippen LogP contribution >= 0.6 is 0 Å². The lowest BCUT2D eigenvalue weighted by molar-refractivity contribution is 0.971. The predicted molar refractivity (Wildman–Crippen MR) is 109 cm³/mol. The van der Waals surface area contributed by atoms with E-state index in [-0.39, 0.29) is 0 Å². The second kappa shape index (κ2) is 6.35. The molecule has 0 radical (unpaired) electrons. The summed E-state index contributed by atoms with van der Waals surface area (Å²) in [6.07, 6.45) is 0. The molecule has 0 N–H and O–H groups in total. The normalized spacial score (nSPS) is 11.2. The minimum Gasteiger partial charge on any atom is -0.374 e. The highest BCUT2D eigenvalue weighted by molar-refractivity contribution is 6.21. The second-order valence-corrected chi connectivity index (χ2v) is 6.72. The highest BCUT2D eigenvalue weighted by Crippen LogP contribution is 2.45. The summed E-state index contributed by atoms with van der Waals surface area (Å²) >= 11 is 0. The van der Waals surface area contributed by atoms with E-state index in [1.54, 1.807) is 0 Å². The molecule has 0 saturated heterocycles. The minimum atomic E-state index is 0.995. The van der Waals surface area contributed by atoms with Crippen LogP contribution in [0.4, 0.5) is 11.4 Å². The highest BCUT2D eigenvalue weighted by atomic mass is 15.1. The van der Waals surface area contributed by atoms with Crippen LogP contribution in [0.5, 0.6) is 0 Å². The van der Waals surface area contributed by atoms with E-state index in [1.807, 2.05) is 0 Å². The molecule has 0 heterocycles. The number of hydrogen-bond donors (Lipinski definition) is 0. The first-order valence-corrected chi connectivity index (χ1v) is 8.88. The number of nitrogens with zero attached hydrogens (tertiary/aromatic N) is 2. The van der Waals surface area contributed by atoms with E-state index >= 15 is 0 Å². The van der Waals surface area contributed by atoms with Crippen molar-refractivity contribution in [2.75, 3.05) is 37.0 Å². The van der Waals surface area contributed by atoms with Crippen LogP contribution in [0.2, 0.25) is 0 Å². The molecule has 0 saturated carbocycles. The fourth-order valence-electron chi connectivity index (χ4n) is 3.74. The van der Waals surface area contributed by atoms with Crippen LogP contribution in [-0.2, 0) is 0 Å². The van der Waals surface area contributed by atoms with Crippen LogP contribution in [-0.4, -0.2) is 27.2 Å². The molecule has 0 aliphatic heterocycles. The van der Waals surface area contributed by atoms with Gasteiger partial charge < -0.3 is 9.80 Å². The molecule has 0 amide bonds. The third kappa shape index (κ3) is 2.41. The van der Waals surface area contributed by atoms with Gasteiger partial charge in [-0.15, -0.1) is 0 Å². The fourth-order valence-corrected chi connectivity index (χ4v) is 3.74.